The van der Waals surface area contributed by atoms with Crippen molar-refractivity contribution in [2.24, 2.45) is 11.1 Å². The van der Waals surface area contributed by atoms with E-state index in [1.54, 1.807) is 0 Å². The zero-order valence-electron chi connectivity index (χ0n) is 7.18. The Hall–Kier alpha value is -0.570. The summed E-state index contributed by atoms with van der Waals surface area (Å²) in [6, 6.07) is 0.228. The summed E-state index contributed by atoms with van der Waals surface area (Å²) in [7, 11) is 0. The summed E-state index contributed by atoms with van der Waals surface area (Å²) in [4.78, 5) is 11.4. The molecule has 1 fully saturated rings. The second-order valence-corrected chi connectivity index (χ2v) is 3.61. The molecule has 1 saturated carbocycles. The van der Waals surface area contributed by atoms with Crippen molar-refractivity contribution < 1.29 is 4.79 Å². The normalized spacial score (nSPS) is 20.0. The first-order valence-corrected chi connectivity index (χ1v) is 4.12. The molecule has 0 aromatic heterocycles. The number of amides is 1. The van der Waals surface area contributed by atoms with Crippen molar-refractivity contribution in [3.05, 3.63) is 0 Å². The van der Waals surface area contributed by atoms with E-state index in [0.717, 1.165) is 12.8 Å². The monoisotopic (exact) mass is 156 g/mol. The zero-order chi connectivity index (χ0) is 8.48. The van der Waals surface area contributed by atoms with E-state index in [0.29, 0.717) is 6.54 Å². The van der Waals surface area contributed by atoms with Crippen molar-refractivity contribution in [1.82, 2.24) is 5.32 Å². The first-order valence-electron chi connectivity index (χ1n) is 4.12. The van der Waals surface area contributed by atoms with Crippen LogP contribution in [-0.4, -0.2) is 18.5 Å². The summed E-state index contributed by atoms with van der Waals surface area (Å²) in [6.07, 6.45) is 1.92. The van der Waals surface area contributed by atoms with Gasteiger partial charge in [-0.05, 0) is 26.7 Å². The number of carbonyl (C=O) groups excluding carboxylic acids is 1. The molecule has 0 saturated heterocycles. The van der Waals surface area contributed by atoms with Crippen LogP contribution >= 0.6 is 0 Å². The predicted octanol–water partition coefficient (Wildman–Crippen LogP) is 0.250. The van der Waals surface area contributed by atoms with Crippen LogP contribution in [0.15, 0.2) is 0 Å². The van der Waals surface area contributed by atoms with Gasteiger partial charge in [0.05, 0.1) is 5.41 Å². The van der Waals surface area contributed by atoms with Gasteiger partial charge in [0.2, 0.25) is 5.91 Å². The minimum atomic E-state index is -0.190. The fraction of sp³-hybridized carbons (Fsp3) is 0.875. The van der Waals surface area contributed by atoms with E-state index >= 15 is 0 Å². The first kappa shape index (κ1) is 8.53. The second kappa shape index (κ2) is 2.81. The molecule has 1 rings (SSSR count). The summed E-state index contributed by atoms with van der Waals surface area (Å²) in [6.45, 7) is 4.42. The third-order valence-electron chi connectivity index (χ3n) is 2.15. The summed E-state index contributed by atoms with van der Waals surface area (Å²) in [5, 5.41) is 2.88. The fourth-order valence-electron chi connectivity index (χ4n) is 1.09. The standard InChI is InChI=1S/C8H16N2O/c1-6(2)10-7(11)8(5-9)3-4-8/h6H,3-5,9H2,1-2H3,(H,10,11). The van der Waals surface area contributed by atoms with Crippen LogP contribution in [0.25, 0.3) is 0 Å². The Balaban J connectivity index is 2.41. The Morgan fingerprint density at radius 2 is 2.18 bits per heavy atom. The van der Waals surface area contributed by atoms with Crippen LogP contribution in [-0.2, 0) is 4.79 Å². The molecule has 3 nitrogen and oxygen atoms in total. The number of hydrogen-bond donors (Lipinski definition) is 2. The lowest BCUT2D eigenvalue weighted by atomic mass is 10.1. The van der Waals surface area contributed by atoms with Crippen molar-refractivity contribution in [2.45, 2.75) is 32.7 Å². The molecule has 64 valence electrons. The highest BCUT2D eigenvalue weighted by Gasteiger charge is 2.48. The molecule has 0 aromatic rings. The van der Waals surface area contributed by atoms with Gasteiger partial charge in [0.25, 0.3) is 0 Å². The number of rotatable bonds is 3. The minimum Gasteiger partial charge on any atom is -0.353 e. The smallest absolute Gasteiger partial charge is 0.227 e. The minimum absolute atomic E-state index is 0.134. The van der Waals surface area contributed by atoms with Crippen molar-refractivity contribution in [3.8, 4) is 0 Å². The van der Waals surface area contributed by atoms with Gasteiger partial charge in [-0.1, -0.05) is 0 Å². The Labute approximate surface area is 67.3 Å². The molecule has 0 bridgehead atoms. The molecule has 1 amide bonds. The molecule has 0 aliphatic heterocycles. The van der Waals surface area contributed by atoms with E-state index in [9.17, 15) is 4.79 Å². The van der Waals surface area contributed by atoms with Crippen molar-refractivity contribution in [2.75, 3.05) is 6.54 Å². The van der Waals surface area contributed by atoms with Crippen molar-refractivity contribution in [3.63, 3.8) is 0 Å². The molecule has 0 heterocycles. The molecule has 0 spiro atoms. The zero-order valence-corrected chi connectivity index (χ0v) is 7.18. The van der Waals surface area contributed by atoms with Crippen molar-refractivity contribution >= 4 is 5.91 Å². The fourth-order valence-corrected chi connectivity index (χ4v) is 1.09. The quantitative estimate of drug-likeness (QED) is 0.615. The Bertz CT molecular complexity index is 161. The van der Waals surface area contributed by atoms with E-state index in [-0.39, 0.29) is 17.4 Å². The van der Waals surface area contributed by atoms with Gasteiger partial charge < -0.3 is 11.1 Å². The lowest BCUT2D eigenvalue weighted by Crippen LogP contribution is -2.40. The van der Waals surface area contributed by atoms with E-state index in [1.807, 2.05) is 13.8 Å². The van der Waals surface area contributed by atoms with Gasteiger partial charge in [0, 0.05) is 12.6 Å². The van der Waals surface area contributed by atoms with E-state index in [1.165, 1.54) is 0 Å². The van der Waals surface area contributed by atoms with Gasteiger partial charge in [-0.3, -0.25) is 4.79 Å². The lowest BCUT2D eigenvalue weighted by molar-refractivity contribution is -0.126. The second-order valence-electron chi connectivity index (χ2n) is 3.61. The van der Waals surface area contributed by atoms with Gasteiger partial charge in [-0.2, -0.15) is 0 Å². The molecule has 11 heavy (non-hydrogen) atoms. The third-order valence-corrected chi connectivity index (χ3v) is 2.15. The third kappa shape index (κ3) is 1.71. The number of hydrogen-bond acceptors (Lipinski definition) is 2. The molecular weight excluding hydrogens is 140 g/mol. The molecule has 0 unspecified atom stereocenters. The maximum absolute atomic E-state index is 11.4. The van der Waals surface area contributed by atoms with Crippen LogP contribution in [0.4, 0.5) is 0 Å². The van der Waals surface area contributed by atoms with Crippen LogP contribution < -0.4 is 11.1 Å². The molecular formula is C8H16N2O. The van der Waals surface area contributed by atoms with E-state index in [2.05, 4.69) is 5.32 Å². The molecule has 0 aromatic carbocycles. The summed E-state index contributed by atoms with van der Waals surface area (Å²) >= 11 is 0. The highest BCUT2D eigenvalue weighted by Crippen LogP contribution is 2.44. The van der Waals surface area contributed by atoms with Crippen LogP contribution in [0.3, 0.4) is 0 Å². The average molecular weight is 156 g/mol. The van der Waals surface area contributed by atoms with Gasteiger partial charge in [0.1, 0.15) is 0 Å². The highest BCUT2D eigenvalue weighted by molar-refractivity contribution is 5.85. The highest BCUT2D eigenvalue weighted by atomic mass is 16.2. The maximum Gasteiger partial charge on any atom is 0.227 e. The number of carbonyl (C=O) groups is 1. The largest absolute Gasteiger partial charge is 0.353 e. The predicted molar refractivity (Wildman–Crippen MR) is 44.0 cm³/mol. The molecule has 1 aliphatic rings. The first-order chi connectivity index (χ1) is 5.10. The van der Waals surface area contributed by atoms with Gasteiger partial charge in [0.15, 0.2) is 0 Å². The maximum atomic E-state index is 11.4. The lowest BCUT2D eigenvalue weighted by Gasteiger charge is -2.14. The topological polar surface area (TPSA) is 55.1 Å². The molecule has 3 N–H and O–H groups in total. The molecule has 0 radical (unpaired) electrons. The summed E-state index contributed by atoms with van der Waals surface area (Å²) in [5.41, 5.74) is 5.29. The number of nitrogens with one attached hydrogen (secondary N) is 1. The Morgan fingerprint density at radius 3 is 2.45 bits per heavy atom. The van der Waals surface area contributed by atoms with Crippen LogP contribution in [0, 0.1) is 5.41 Å². The van der Waals surface area contributed by atoms with Gasteiger partial charge >= 0.3 is 0 Å². The van der Waals surface area contributed by atoms with Gasteiger partial charge in [-0.25, -0.2) is 0 Å². The summed E-state index contributed by atoms with van der Waals surface area (Å²) in [5.74, 6) is 0.134. The van der Waals surface area contributed by atoms with Crippen LogP contribution in [0.2, 0.25) is 0 Å². The molecule has 0 atom stereocenters. The average Bonchev–Trinajstić information content (AvgIpc) is 2.65. The van der Waals surface area contributed by atoms with Crippen molar-refractivity contribution in [1.29, 1.82) is 0 Å². The van der Waals surface area contributed by atoms with E-state index < -0.39 is 0 Å². The van der Waals surface area contributed by atoms with Gasteiger partial charge in [-0.15, -0.1) is 0 Å². The molecule has 1 aliphatic carbocycles. The number of nitrogens with two attached hydrogens (primary N) is 1. The SMILES string of the molecule is CC(C)NC(=O)C1(CN)CC1. The van der Waals surface area contributed by atoms with Crippen LogP contribution in [0.1, 0.15) is 26.7 Å². The summed E-state index contributed by atoms with van der Waals surface area (Å²) < 4.78 is 0. The van der Waals surface area contributed by atoms with Crippen LogP contribution in [0.5, 0.6) is 0 Å². The Kier molecular flexibility index (Phi) is 2.18. The molecule has 3 heteroatoms. The Morgan fingerprint density at radius 1 is 1.64 bits per heavy atom. The van der Waals surface area contributed by atoms with E-state index in [4.69, 9.17) is 5.73 Å².